The molecule has 1 heterocycles. The molecule has 4 nitrogen and oxygen atoms in total. The van der Waals surface area contributed by atoms with Crippen molar-refractivity contribution in [2.75, 3.05) is 5.32 Å². The summed E-state index contributed by atoms with van der Waals surface area (Å²) < 4.78 is 1.58. The molecular formula is C24H20ClN3O. The van der Waals surface area contributed by atoms with Gasteiger partial charge in [-0.15, -0.1) is 0 Å². The van der Waals surface area contributed by atoms with Crippen molar-refractivity contribution in [2.24, 2.45) is 0 Å². The number of hydrogen-bond donors (Lipinski definition) is 1. The fourth-order valence-electron chi connectivity index (χ4n) is 3.29. The molecule has 4 aromatic rings. The highest BCUT2D eigenvalue weighted by atomic mass is 35.5. The minimum Gasteiger partial charge on any atom is -0.322 e. The molecule has 0 spiro atoms. The number of carbonyl (C=O) groups is 1. The molecule has 1 aromatic heterocycles. The first-order valence-corrected chi connectivity index (χ1v) is 9.75. The van der Waals surface area contributed by atoms with E-state index in [0.717, 1.165) is 23.4 Å². The van der Waals surface area contributed by atoms with E-state index in [1.165, 1.54) is 5.56 Å². The smallest absolute Gasteiger partial charge is 0.260 e. The number of carbonyl (C=O) groups excluding carboxylic acids is 1. The molecule has 0 saturated carbocycles. The predicted molar refractivity (Wildman–Crippen MR) is 117 cm³/mol. The van der Waals surface area contributed by atoms with Gasteiger partial charge in [0.05, 0.1) is 11.4 Å². The van der Waals surface area contributed by atoms with Crippen LogP contribution in [0.4, 0.5) is 5.69 Å². The number of amides is 1. The van der Waals surface area contributed by atoms with Gasteiger partial charge in [0.1, 0.15) is 10.7 Å². The van der Waals surface area contributed by atoms with Gasteiger partial charge in [0.15, 0.2) is 0 Å². The summed E-state index contributed by atoms with van der Waals surface area (Å²) in [5.74, 6) is -0.268. The van der Waals surface area contributed by atoms with Crippen LogP contribution >= 0.6 is 11.6 Å². The van der Waals surface area contributed by atoms with Crippen molar-refractivity contribution in [3.05, 3.63) is 112 Å². The molecule has 0 aliphatic heterocycles. The Morgan fingerprint density at radius 1 is 0.931 bits per heavy atom. The van der Waals surface area contributed by atoms with Crippen LogP contribution in [0.1, 0.15) is 27.2 Å². The number of nitrogens with one attached hydrogen (secondary N) is 1. The van der Waals surface area contributed by atoms with Crippen LogP contribution in [0.2, 0.25) is 5.15 Å². The maximum Gasteiger partial charge on any atom is 0.260 e. The number of anilines is 1. The molecule has 29 heavy (non-hydrogen) atoms. The third kappa shape index (κ3) is 4.08. The number of para-hydroxylation sites is 2. The summed E-state index contributed by atoms with van der Waals surface area (Å²) in [5, 5.41) is 7.77. The van der Waals surface area contributed by atoms with Gasteiger partial charge in [0, 0.05) is 5.69 Å². The molecule has 0 atom stereocenters. The Hall–Kier alpha value is -3.37. The summed E-state index contributed by atoms with van der Waals surface area (Å²) in [6, 6.07) is 27.5. The summed E-state index contributed by atoms with van der Waals surface area (Å²) in [6.07, 6.45) is 0.729. The van der Waals surface area contributed by atoms with Gasteiger partial charge in [-0.1, -0.05) is 78.3 Å². The van der Waals surface area contributed by atoms with E-state index in [1.54, 1.807) is 11.6 Å². The van der Waals surface area contributed by atoms with Gasteiger partial charge in [0.25, 0.3) is 5.91 Å². The van der Waals surface area contributed by atoms with Crippen LogP contribution in [-0.4, -0.2) is 15.7 Å². The minimum atomic E-state index is -0.268. The summed E-state index contributed by atoms with van der Waals surface area (Å²) in [5.41, 5.74) is 4.76. The lowest BCUT2D eigenvalue weighted by molar-refractivity contribution is 0.102. The van der Waals surface area contributed by atoms with Crippen molar-refractivity contribution in [2.45, 2.75) is 13.3 Å². The van der Waals surface area contributed by atoms with Crippen LogP contribution in [0.15, 0.2) is 84.9 Å². The molecule has 0 aliphatic carbocycles. The first-order valence-electron chi connectivity index (χ1n) is 9.37. The van der Waals surface area contributed by atoms with E-state index >= 15 is 0 Å². The van der Waals surface area contributed by atoms with E-state index < -0.39 is 0 Å². The molecule has 0 bridgehead atoms. The van der Waals surface area contributed by atoms with E-state index in [9.17, 15) is 4.79 Å². The zero-order valence-corrected chi connectivity index (χ0v) is 16.7. The molecular weight excluding hydrogens is 382 g/mol. The normalized spacial score (nSPS) is 10.7. The van der Waals surface area contributed by atoms with E-state index in [4.69, 9.17) is 11.6 Å². The first-order chi connectivity index (χ1) is 14.1. The number of rotatable bonds is 5. The minimum absolute atomic E-state index is 0.268. The molecule has 0 unspecified atom stereocenters. The maximum atomic E-state index is 13.1. The Labute approximate surface area is 174 Å². The number of aromatic nitrogens is 2. The van der Waals surface area contributed by atoms with Gasteiger partial charge in [-0.3, -0.25) is 4.79 Å². The SMILES string of the molecule is Cc1nn(-c2ccccc2)c(Cl)c1C(=O)Nc1ccccc1Cc1ccccc1. The van der Waals surface area contributed by atoms with E-state index in [0.29, 0.717) is 16.4 Å². The highest BCUT2D eigenvalue weighted by Crippen LogP contribution is 2.26. The lowest BCUT2D eigenvalue weighted by atomic mass is 10.0. The van der Waals surface area contributed by atoms with Crippen LogP contribution in [0.25, 0.3) is 5.69 Å². The highest BCUT2D eigenvalue weighted by Gasteiger charge is 2.21. The monoisotopic (exact) mass is 401 g/mol. The van der Waals surface area contributed by atoms with Crippen molar-refractivity contribution in [3.63, 3.8) is 0 Å². The third-order valence-electron chi connectivity index (χ3n) is 4.73. The molecule has 0 radical (unpaired) electrons. The second kappa shape index (κ2) is 8.33. The second-order valence-electron chi connectivity index (χ2n) is 6.77. The lowest BCUT2D eigenvalue weighted by Crippen LogP contribution is -2.14. The number of hydrogen-bond acceptors (Lipinski definition) is 2. The molecule has 4 rings (SSSR count). The van der Waals surface area contributed by atoms with Crippen molar-refractivity contribution in [3.8, 4) is 5.69 Å². The number of aryl methyl sites for hydroxylation is 1. The molecule has 5 heteroatoms. The summed E-state index contributed by atoms with van der Waals surface area (Å²) in [6.45, 7) is 1.79. The van der Waals surface area contributed by atoms with Crippen LogP contribution in [0.3, 0.4) is 0 Å². The first kappa shape index (κ1) is 19.0. The maximum absolute atomic E-state index is 13.1. The molecule has 0 fully saturated rings. The standard InChI is InChI=1S/C24H20ClN3O/c1-17-22(23(25)28(27-17)20-13-6-3-7-14-20)24(29)26-21-15-9-8-12-19(21)16-18-10-4-2-5-11-18/h2-15H,16H2,1H3,(H,26,29). The summed E-state index contributed by atoms with van der Waals surface area (Å²) in [7, 11) is 0. The molecule has 3 aromatic carbocycles. The highest BCUT2D eigenvalue weighted by molar-refractivity contribution is 6.34. The molecule has 1 amide bonds. The van der Waals surface area contributed by atoms with Gasteiger partial charge >= 0.3 is 0 Å². The quantitative estimate of drug-likeness (QED) is 0.467. The largest absolute Gasteiger partial charge is 0.322 e. The summed E-state index contributed by atoms with van der Waals surface area (Å²) in [4.78, 5) is 13.1. The van der Waals surface area contributed by atoms with Gasteiger partial charge < -0.3 is 5.32 Å². The van der Waals surface area contributed by atoms with Crippen molar-refractivity contribution in [1.29, 1.82) is 0 Å². The Balaban J connectivity index is 1.62. The topological polar surface area (TPSA) is 46.9 Å². The average Bonchev–Trinajstić information content (AvgIpc) is 3.05. The predicted octanol–water partition coefficient (Wildman–Crippen LogP) is 5.68. The van der Waals surface area contributed by atoms with Gasteiger partial charge in [0.2, 0.25) is 0 Å². The van der Waals surface area contributed by atoms with Crippen LogP contribution in [0, 0.1) is 6.92 Å². The lowest BCUT2D eigenvalue weighted by Gasteiger charge is -2.11. The van der Waals surface area contributed by atoms with Gasteiger partial charge in [-0.25, -0.2) is 4.68 Å². The number of benzene rings is 3. The zero-order valence-electron chi connectivity index (χ0n) is 16.0. The summed E-state index contributed by atoms with van der Waals surface area (Å²) >= 11 is 6.53. The Kier molecular flexibility index (Phi) is 5.45. The Morgan fingerprint density at radius 2 is 1.55 bits per heavy atom. The molecule has 144 valence electrons. The molecule has 1 N–H and O–H groups in total. The molecule has 0 aliphatic rings. The number of nitrogens with zero attached hydrogens (tertiary/aromatic N) is 2. The molecule has 0 saturated heterocycles. The van der Waals surface area contributed by atoms with E-state index in [1.807, 2.05) is 72.8 Å². The zero-order chi connectivity index (χ0) is 20.2. The average molecular weight is 402 g/mol. The van der Waals surface area contributed by atoms with Gasteiger partial charge in [-0.2, -0.15) is 5.10 Å². The van der Waals surface area contributed by atoms with Crippen LogP contribution < -0.4 is 5.32 Å². The van der Waals surface area contributed by atoms with Gasteiger partial charge in [-0.05, 0) is 42.7 Å². The van der Waals surface area contributed by atoms with Crippen LogP contribution in [-0.2, 0) is 6.42 Å². The Bertz CT molecular complexity index is 1140. The van der Waals surface area contributed by atoms with Crippen molar-refractivity contribution >= 4 is 23.2 Å². The van der Waals surface area contributed by atoms with Crippen molar-refractivity contribution in [1.82, 2.24) is 9.78 Å². The fraction of sp³-hybridized carbons (Fsp3) is 0.0833. The van der Waals surface area contributed by atoms with E-state index in [2.05, 4.69) is 22.5 Å². The van der Waals surface area contributed by atoms with Crippen LogP contribution in [0.5, 0.6) is 0 Å². The Morgan fingerprint density at radius 3 is 2.28 bits per heavy atom. The third-order valence-corrected chi connectivity index (χ3v) is 5.08. The number of halogens is 1. The van der Waals surface area contributed by atoms with E-state index in [-0.39, 0.29) is 5.91 Å². The fourth-order valence-corrected chi connectivity index (χ4v) is 3.65. The second-order valence-corrected chi connectivity index (χ2v) is 7.13. The van der Waals surface area contributed by atoms with Crippen molar-refractivity contribution < 1.29 is 4.79 Å².